The molecule has 0 saturated carbocycles. The van der Waals surface area contributed by atoms with Gasteiger partial charge in [-0.2, -0.15) is 0 Å². The molecule has 96 valence electrons. The largest absolute Gasteiger partial charge is 0.478 e. The van der Waals surface area contributed by atoms with E-state index in [0.29, 0.717) is 16.8 Å². The van der Waals surface area contributed by atoms with Gasteiger partial charge in [0.05, 0.1) is 5.71 Å². The molecule has 0 bridgehead atoms. The number of benzene rings is 1. The van der Waals surface area contributed by atoms with Crippen LogP contribution in [0.5, 0.6) is 0 Å². The molecule has 1 aromatic rings. The van der Waals surface area contributed by atoms with E-state index in [0.717, 1.165) is 0 Å². The third-order valence-electron chi connectivity index (χ3n) is 2.99. The van der Waals surface area contributed by atoms with E-state index in [-0.39, 0.29) is 18.8 Å². The second-order valence-corrected chi connectivity index (χ2v) is 4.27. The van der Waals surface area contributed by atoms with Crippen LogP contribution in [0.25, 0.3) is 0 Å². The lowest BCUT2D eigenvalue weighted by Gasteiger charge is -2.18. The third kappa shape index (κ3) is 1.95. The van der Waals surface area contributed by atoms with E-state index in [1.807, 2.05) is 0 Å². The Morgan fingerprint density at radius 2 is 2.39 bits per heavy atom. The molecule has 1 atom stereocenters. The van der Waals surface area contributed by atoms with Crippen LogP contribution in [0.3, 0.4) is 0 Å². The molecule has 3 N–H and O–H groups in total. The van der Waals surface area contributed by atoms with Gasteiger partial charge < -0.3 is 15.7 Å². The highest BCUT2D eigenvalue weighted by Gasteiger charge is 2.46. The molecule has 0 aliphatic carbocycles. The van der Waals surface area contributed by atoms with Crippen LogP contribution in [0, 0.1) is 12.7 Å². The average molecular weight is 252 g/mol. The van der Waals surface area contributed by atoms with Crippen LogP contribution >= 0.6 is 0 Å². The Morgan fingerprint density at radius 3 is 2.89 bits per heavy atom. The first-order valence-corrected chi connectivity index (χ1v) is 5.43. The number of carbonyl (C=O) groups is 1. The lowest BCUT2D eigenvalue weighted by atomic mass is 9.94. The second-order valence-electron chi connectivity index (χ2n) is 4.27. The van der Waals surface area contributed by atoms with E-state index in [4.69, 9.17) is 15.7 Å². The van der Waals surface area contributed by atoms with E-state index in [2.05, 4.69) is 5.16 Å². The van der Waals surface area contributed by atoms with E-state index < -0.39 is 11.6 Å². The number of nitrogens with two attached hydrogens (primary N) is 1. The summed E-state index contributed by atoms with van der Waals surface area (Å²) >= 11 is 0. The lowest BCUT2D eigenvalue weighted by Crippen LogP contribution is -2.45. The zero-order valence-electron chi connectivity index (χ0n) is 9.81. The first-order valence-electron chi connectivity index (χ1n) is 5.43. The Balaban J connectivity index is 2.27. The van der Waals surface area contributed by atoms with Gasteiger partial charge in [-0.3, -0.25) is 0 Å². The maximum atomic E-state index is 13.1. The summed E-state index contributed by atoms with van der Waals surface area (Å²) in [6.45, 7) is 1.46. The van der Waals surface area contributed by atoms with Gasteiger partial charge in [0.15, 0.2) is 0 Å². The maximum Gasteiger partial charge on any atom is 0.352 e. The van der Waals surface area contributed by atoms with Crippen LogP contribution in [-0.4, -0.2) is 28.9 Å². The second kappa shape index (κ2) is 4.38. The molecule has 0 fully saturated rings. The highest BCUT2D eigenvalue weighted by atomic mass is 19.1. The molecular formula is C12H13FN2O3. The first kappa shape index (κ1) is 12.5. The van der Waals surface area contributed by atoms with Crippen molar-refractivity contribution in [3.8, 4) is 0 Å². The van der Waals surface area contributed by atoms with Gasteiger partial charge in [-0.1, -0.05) is 11.2 Å². The highest BCUT2D eigenvalue weighted by molar-refractivity contribution is 6.04. The normalized spacial score (nSPS) is 22.5. The summed E-state index contributed by atoms with van der Waals surface area (Å²) in [5, 5.41) is 12.8. The van der Waals surface area contributed by atoms with Crippen molar-refractivity contribution in [1.82, 2.24) is 0 Å². The average Bonchev–Trinajstić information content (AvgIpc) is 2.78. The van der Waals surface area contributed by atoms with E-state index >= 15 is 0 Å². The molecule has 0 radical (unpaired) electrons. The van der Waals surface area contributed by atoms with Gasteiger partial charge in [-0.15, -0.1) is 0 Å². The molecule has 1 unspecified atom stereocenters. The molecule has 6 heteroatoms. The zero-order chi connectivity index (χ0) is 13.3. The number of hydrogen-bond acceptors (Lipinski definition) is 4. The van der Waals surface area contributed by atoms with Crippen LogP contribution in [0.15, 0.2) is 23.4 Å². The summed E-state index contributed by atoms with van der Waals surface area (Å²) in [6.07, 6.45) is 0.0733. The molecule has 1 aliphatic rings. The van der Waals surface area contributed by atoms with Gasteiger partial charge >= 0.3 is 5.97 Å². The van der Waals surface area contributed by atoms with Crippen molar-refractivity contribution in [3.05, 3.63) is 35.1 Å². The highest BCUT2D eigenvalue weighted by Crippen LogP contribution is 2.27. The molecule has 0 aromatic heterocycles. The molecule has 0 amide bonds. The summed E-state index contributed by atoms with van der Waals surface area (Å²) in [5.41, 5.74) is 5.50. The number of hydrogen-bond donors (Lipinski definition) is 2. The number of rotatable bonds is 3. The number of oxime groups is 1. The maximum absolute atomic E-state index is 13.1. The number of carboxylic acids is 1. The fourth-order valence-electron chi connectivity index (χ4n) is 1.77. The van der Waals surface area contributed by atoms with Crippen LogP contribution in [-0.2, 0) is 9.63 Å². The minimum atomic E-state index is -1.50. The van der Waals surface area contributed by atoms with Gasteiger partial charge in [0.2, 0.25) is 0 Å². The van der Waals surface area contributed by atoms with E-state index in [1.165, 1.54) is 6.07 Å². The Hall–Kier alpha value is -1.95. The fourth-order valence-corrected chi connectivity index (χ4v) is 1.77. The van der Waals surface area contributed by atoms with Crippen LogP contribution in [0.1, 0.15) is 17.5 Å². The van der Waals surface area contributed by atoms with Crippen molar-refractivity contribution in [1.29, 1.82) is 0 Å². The van der Waals surface area contributed by atoms with Crippen LogP contribution < -0.4 is 5.73 Å². The number of aliphatic carboxylic acids is 1. The molecule has 1 heterocycles. The Bertz CT molecular complexity index is 530. The number of carboxylic acid groups (broad SMARTS) is 1. The molecule has 1 aliphatic heterocycles. The molecule has 0 spiro atoms. The standard InChI is InChI=1S/C12H13FN2O3/c1-7-4-8(2-3-9(7)13)10-5-12(6-14,11(16)17)18-15-10/h2-4H,5-6,14H2,1H3,(H,16,17). The van der Waals surface area contributed by atoms with Gasteiger partial charge in [0, 0.05) is 13.0 Å². The van der Waals surface area contributed by atoms with Crippen LogP contribution in [0.2, 0.25) is 0 Å². The fraction of sp³-hybridized carbons (Fsp3) is 0.333. The van der Waals surface area contributed by atoms with Crippen molar-refractivity contribution < 1.29 is 19.1 Å². The summed E-state index contributed by atoms with van der Waals surface area (Å²) < 4.78 is 13.1. The topological polar surface area (TPSA) is 84.9 Å². The quantitative estimate of drug-likeness (QED) is 0.841. The smallest absolute Gasteiger partial charge is 0.352 e. The van der Waals surface area contributed by atoms with E-state index in [1.54, 1.807) is 19.1 Å². The SMILES string of the molecule is Cc1cc(C2=NOC(CN)(C(=O)O)C2)ccc1F. The van der Waals surface area contributed by atoms with Gasteiger partial charge in [0.25, 0.3) is 5.60 Å². The predicted molar refractivity (Wildman–Crippen MR) is 62.8 cm³/mol. The van der Waals surface area contributed by atoms with Crippen molar-refractivity contribution >= 4 is 11.7 Å². The number of halogens is 1. The summed E-state index contributed by atoms with van der Waals surface area (Å²) in [4.78, 5) is 16.1. The molecule has 1 aromatic carbocycles. The Kier molecular flexibility index (Phi) is 3.04. The van der Waals surface area contributed by atoms with Crippen molar-refractivity contribution in [2.45, 2.75) is 18.9 Å². The van der Waals surface area contributed by atoms with E-state index in [9.17, 15) is 9.18 Å². The Labute approximate surface area is 103 Å². The van der Waals surface area contributed by atoms with Crippen LogP contribution in [0.4, 0.5) is 4.39 Å². The third-order valence-corrected chi connectivity index (χ3v) is 2.99. The molecule has 0 saturated heterocycles. The minimum absolute atomic E-state index is 0.0733. The summed E-state index contributed by atoms with van der Waals surface area (Å²) in [5.74, 6) is -1.47. The molecular weight excluding hydrogens is 239 g/mol. The minimum Gasteiger partial charge on any atom is -0.478 e. The van der Waals surface area contributed by atoms with Gasteiger partial charge in [-0.05, 0) is 30.2 Å². The molecule has 2 rings (SSSR count). The lowest BCUT2D eigenvalue weighted by molar-refractivity contribution is -0.161. The number of aryl methyl sites for hydroxylation is 1. The number of nitrogens with zero attached hydrogens (tertiary/aromatic N) is 1. The Morgan fingerprint density at radius 1 is 1.67 bits per heavy atom. The van der Waals surface area contributed by atoms with Crippen molar-refractivity contribution in [2.75, 3.05) is 6.54 Å². The molecule has 5 nitrogen and oxygen atoms in total. The van der Waals surface area contributed by atoms with Gasteiger partial charge in [0.1, 0.15) is 5.82 Å². The summed E-state index contributed by atoms with van der Waals surface area (Å²) in [7, 11) is 0. The zero-order valence-corrected chi connectivity index (χ0v) is 9.81. The molecule has 18 heavy (non-hydrogen) atoms. The van der Waals surface area contributed by atoms with Crippen molar-refractivity contribution in [3.63, 3.8) is 0 Å². The predicted octanol–water partition coefficient (Wildman–Crippen LogP) is 1.04. The summed E-state index contributed by atoms with van der Waals surface area (Å²) in [6, 6.07) is 4.46. The van der Waals surface area contributed by atoms with Crippen molar-refractivity contribution in [2.24, 2.45) is 10.9 Å². The van der Waals surface area contributed by atoms with Gasteiger partial charge in [-0.25, -0.2) is 9.18 Å². The first-order chi connectivity index (χ1) is 8.48. The monoisotopic (exact) mass is 252 g/mol.